The third kappa shape index (κ3) is 5.79. The lowest BCUT2D eigenvalue weighted by Gasteiger charge is -2.29. The van der Waals surface area contributed by atoms with Gasteiger partial charge in [-0.1, -0.05) is 50.1 Å². The molecule has 0 saturated heterocycles. The molecule has 7 heteroatoms. The van der Waals surface area contributed by atoms with E-state index < -0.39 is 5.97 Å². The molecule has 1 saturated carbocycles. The van der Waals surface area contributed by atoms with E-state index in [0.29, 0.717) is 17.6 Å². The second kappa shape index (κ2) is 9.50. The maximum Gasteiger partial charge on any atom is 0.358 e. The summed E-state index contributed by atoms with van der Waals surface area (Å²) in [5, 5.41) is 8.43. The Morgan fingerprint density at radius 3 is 2.78 bits per heavy atom. The molecule has 1 amide bonds. The topological polar surface area (TPSA) is 80.3 Å². The molecule has 0 spiro atoms. The number of anilines is 1. The summed E-state index contributed by atoms with van der Waals surface area (Å²) < 4.78 is 5.11. The van der Waals surface area contributed by atoms with Gasteiger partial charge >= 0.3 is 5.97 Å². The van der Waals surface area contributed by atoms with Crippen LogP contribution in [0.4, 0.5) is 5.13 Å². The number of hydrogen-bond acceptors (Lipinski definition) is 6. The second-order valence-electron chi connectivity index (χ2n) is 6.89. The molecule has 1 aliphatic rings. The number of esters is 1. The van der Waals surface area contributed by atoms with Gasteiger partial charge < -0.3 is 15.4 Å². The number of thiazole rings is 1. The lowest BCUT2D eigenvalue weighted by atomic mass is 9.86. The molecule has 1 aliphatic carbocycles. The summed E-state index contributed by atoms with van der Waals surface area (Å²) in [5.41, 5.74) is 1.35. The first-order valence-corrected chi connectivity index (χ1v) is 10.2. The number of nitrogens with one attached hydrogen (secondary N) is 2. The first kappa shape index (κ1) is 19.4. The predicted molar refractivity (Wildman–Crippen MR) is 106 cm³/mol. The first-order valence-electron chi connectivity index (χ1n) is 9.31. The Balaban J connectivity index is 1.43. The maximum atomic E-state index is 12.1. The second-order valence-corrected chi connectivity index (χ2v) is 7.75. The summed E-state index contributed by atoms with van der Waals surface area (Å²) >= 11 is 1.34. The van der Waals surface area contributed by atoms with Gasteiger partial charge in [0, 0.05) is 18.0 Å². The molecule has 6 nitrogen and oxygen atoms in total. The zero-order chi connectivity index (χ0) is 19.1. The van der Waals surface area contributed by atoms with Crippen molar-refractivity contribution >= 4 is 28.3 Å². The minimum absolute atomic E-state index is 0.179. The number of rotatable bonds is 7. The van der Waals surface area contributed by atoms with Crippen LogP contribution in [0.5, 0.6) is 0 Å². The predicted octanol–water partition coefficient (Wildman–Crippen LogP) is 3.61. The SMILES string of the molecule is C[C@H]1CCCC[C@H]1NC(=O)COC(=O)c1csc(NCc2ccccc2)n1. The van der Waals surface area contributed by atoms with E-state index in [-0.39, 0.29) is 24.2 Å². The van der Waals surface area contributed by atoms with Gasteiger partial charge in [-0.05, 0) is 24.3 Å². The van der Waals surface area contributed by atoms with Crippen molar-refractivity contribution in [2.24, 2.45) is 5.92 Å². The quantitative estimate of drug-likeness (QED) is 0.710. The molecule has 144 valence electrons. The van der Waals surface area contributed by atoms with Crippen LogP contribution in [0.25, 0.3) is 0 Å². The van der Waals surface area contributed by atoms with Gasteiger partial charge in [0.05, 0.1) is 0 Å². The van der Waals surface area contributed by atoms with Crippen LogP contribution < -0.4 is 10.6 Å². The lowest BCUT2D eigenvalue weighted by Crippen LogP contribution is -2.42. The first-order chi connectivity index (χ1) is 13.1. The third-order valence-electron chi connectivity index (χ3n) is 4.79. The molecule has 0 aliphatic heterocycles. The normalized spacial score (nSPS) is 19.3. The number of amides is 1. The van der Waals surface area contributed by atoms with Gasteiger partial charge in [0.1, 0.15) is 0 Å². The van der Waals surface area contributed by atoms with Crippen molar-refractivity contribution < 1.29 is 14.3 Å². The summed E-state index contributed by atoms with van der Waals surface area (Å²) in [7, 11) is 0. The van der Waals surface area contributed by atoms with Crippen molar-refractivity contribution in [2.75, 3.05) is 11.9 Å². The summed E-state index contributed by atoms with van der Waals surface area (Å²) in [6, 6.07) is 10.1. The molecule has 1 fully saturated rings. The van der Waals surface area contributed by atoms with E-state index in [2.05, 4.69) is 22.5 Å². The van der Waals surface area contributed by atoms with Crippen molar-refractivity contribution in [3.8, 4) is 0 Å². The molecule has 1 aromatic heterocycles. The number of ether oxygens (including phenoxy) is 1. The average Bonchev–Trinajstić information content (AvgIpc) is 3.16. The van der Waals surface area contributed by atoms with Crippen LogP contribution in [0.15, 0.2) is 35.7 Å². The van der Waals surface area contributed by atoms with Crippen LogP contribution in [0.1, 0.15) is 48.7 Å². The van der Waals surface area contributed by atoms with Gasteiger partial charge in [0.15, 0.2) is 17.4 Å². The standard InChI is InChI=1S/C20H25N3O3S/c1-14-7-5-6-10-16(14)22-18(24)12-26-19(25)17-13-27-20(23-17)21-11-15-8-3-2-4-9-15/h2-4,8-9,13-14,16H,5-7,10-12H2,1H3,(H,21,23)(H,22,24)/t14-,16+/m0/s1. The Hall–Kier alpha value is -2.41. The van der Waals surface area contributed by atoms with Crippen LogP contribution in [0, 0.1) is 5.92 Å². The van der Waals surface area contributed by atoms with Crippen LogP contribution in [0.3, 0.4) is 0 Å². The zero-order valence-electron chi connectivity index (χ0n) is 15.4. The van der Waals surface area contributed by atoms with Crippen molar-refractivity contribution in [3.63, 3.8) is 0 Å². The molecule has 0 unspecified atom stereocenters. The fraction of sp³-hybridized carbons (Fsp3) is 0.450. The van der Waals surface area contributed by atoms with Crippen LogP contribution in [-0.4, -0.2) is 29.5 Å². The van der Waals surface area contributed by atoms with Crippen molar-refractivity contribution in [1.82, 2.24) is 10.3 Å². The number of hydrogen-bond donors (Lipinski definition) is 2. The smallest absolute Gasteiger partial charge is 0.358 e. The average molecular weight is 388 g/mol. The number of carbonyl (C=O) groups excluding carboxylic acids is 2. The molecule has 2 atom stereocenters. The maximum absolute atomic E-state index is 12.1. The van der Waals surface area contributed by atoms with E-state index in [0.717, 1.165) is 24.8 Å². The van der Waals surface area contributed by atoms with E-state index in [1.54, 1.807) is 5.38 Å². The minimum Gasteiger partial charge on any atom is -0.451 e. The molecule has 1 heterocycles. The van der Waals surface area contributed by atoms with Crippen LogP contribution in [-0.2, 0) is 16.1 Å². The van der Waals surface area contributed by atoms with Gasteiger partial charge in [-0.2, -0.15) is 0 Å². The molecular weight excluding hydrogens is 362 g/mol. The van der Waals surface area contributed by atoms with Gasteiger partial charge in [0.25, 0.3) is 5.91 Å². The minimum atomic E-state index is -0.578. The highest BCUT2D eigenvalue weighted by molar-refractivity contribution is 7.13. The van der Waals surface area contributed by atoms with E-state index >= 15 is 0 Å². The Morgan fingerprint density at radius 2 is 2.00 bits per heavy atom. The summed E-state index contributed by atoms with van der Waals surface area (Å²) in [5.74, 6) is -0.360. The largest absolute Gasteiger partial charge is 0.451 e. The van der Waals surface area contributed by atoms with Crippen LogP contribution in [0.2, 0.25) is 0 Å². The van der Waals surface area contributed by atoms with E-state index in [1.807, 2.05) is 30.3 Å². The number of benzene rings is 1. The fourth-order valence-corrected chi connectivity index (χ4v) is 3.89. The number of carbonyl (C=O) groups is 2. The summed E-state index contributed by atoms with van der Waals surface area (Å²) in [6.45, 7) is 2.51. The number of aromatic nitrogens is 1. The van der Waals surface area contributed by atoms with Gasteiger partial charge in [0.2, 0.25) is 0 Å². The highest BCUT2D eigenvalue weighted by Crippen LogP contribution is 2.23. The molecule has 27 heavy (non-hydrogen) atoms. The lowest BCUT2D eigenvalue weighted by molar-refractivity contribution is -0.125. The van der Waals surface area contributed by atoms with Crippen molar-refractivity contribution in [2.45, 2.75) is 45.2 Å². The molecule has 0 radical (unpaired) electrons. The Morgan fingerprint density at radius 1 is 1.22 bits per heavy atom. The van der Waals surface area contributed by atoms with E-state index in [1.165, 1.54) is 17.8 Å². The highest BCUT2D eigenvalue weighted by atomic mass is 32.1. The van der Waals surface area contributed by atoms with E-state index in [9.17, 15) is 9.59 Å². The van der Waals surface area contributed by atoms with Gasteiger partial charge in [-0.25, -0.2) is 9.78 Å². The Kier molecular flexibility index (Phi) is 6.81. The third-order valence-corrected chi connectivity index (χ3v) is 5.59. The molecular formula is C20H25N3O3S. The molecule has 0 bridgehead atoms. The molecule has 2 N–H and O–H groups in total. The Bertz CT molecular complexity index is 763. The van der Waals surface area contributed by atoms with Gasteiger partial charge in [-0.3, -0.25) is 4.79 Å². The summed E-state index contributed by atoms with van der Waals surface area (Å²) in [6.07, 6.45) is 4.46. The monoisotopic (exact) mass is 387 g/mol. The Labute approximate surface area is 163 Å². The molecule has 3 rings (SSSR count). The fourth-order valence-electron chi connectivity index (χ4n) is 3.21. The summed E-state index contributed by atoms with van der Waals surface area (Å²) in [4.78, 5) is 28.4. The van der Waals surface area contributed by atoms with Gasteiger partial charge in [-0.15, -0.1) is 11.3 Å². The van der Waals surface area contributed by atoms with Crippen molar-refractivity contribution in [3.05, 3.63) is 47.0 Å². The zero-order valence-corrected chi connectivity index (χ0v) is 16.3. The number of nitrogens with zero attached hydrogens (tertiary/aromatic N) is 1. The van der Waals surface area contributed by atoms with Crippen LogP contribution >= 0.6 is 11.3 Å². The molecule has 2 aromatic rings. The highest BCUT2D eigenvalue weighted by Gasteiger charge is 2.23. The molecule has 1 aromatic carbocycles. The van der Waals surface area contributed by atoms with E-state index in [4.69, 9.17) is 4.74 Å². The van der Waals surface area contributed by atoms with Crippen molar-refractivity contribution in [1.29, 1.82) is 0 Å².